The second-order valence-electron chi connectivity index (χ2n) is 5.45. The first-order valence-corrected chi connectivity index (χ1v) is 9.53. The van der Waals surface area contributed by atoms with Crippen molar-refractivity contribution in [2.75, 3.05) is 0 Å². The molecule has 2 N–H and O–H groups in total. The number of fused-ring (bicyclic) bond motifs is 1. The number of thiazole rings is 1. The molecule has 0 amide bonds. The van der Waals surface area contributed by atoms with Crippen LogP contribution in [-0.2, 0) is 17.1 Å². The number of carbonyl (C=O) groups is 1. The highest BCUT2D eigenvalue weighted by molar-refractivity contribution is 7.89. The van der Waals surface area contributed by atoms with Crippen molar-refractivity contribution < 1.29 is 18.3 Å². The van der Waals surface area contributed by atoms with Gasteiger partial charge in [-0.15, -0.1) is 5.10 Å². The zero-order valence-electron chi connectivity index (χ0n) is 13.4. The highest BCUT2D eigenvalue weighted by Crippen LogP contribution is 2.18. The predicted molar refractivity (Wildman–Crippen MR) is 94.8 cm³/mol. The number of aryl methyl sites for hydroxylation is 2. The fourth-order valence-corrected chi connectivity index (χ4v) is 4.13. The lowest BCUT2D eigenvalue weighted by molar-refractivity contribution is 0.0697. The highest BCUT2D eigenvalue weighted by Gasteiger charge is 2.13. The largest absolute Gasteiger partial charge is 0.478 e. The lowest BCUT2D eigenvalue weighted by atomic mass is 10.2. The lowest BCUT2D eigenvalue weighted by Crippen LogP contribution is -2.23. The summed E-state index contributed by atoms with van der Waals surface area (Å²) in [6.07, 6.45) is 0. The summed E-state index contributed by atoms with van der Waals surface area (Å²) in [4.78, 5) is 13.8. The number of rotatable bonds is 4. The van der Waals surface area contributed by atoms with Crippen LogP contribution in [0.1, 0.15) is 15.9 Å². The van der Waals surface area contributed by atoms with E-state index in [9.17, 15) is 13.2 Å². The number of benzene rings is 2. The molecule has 3 aromatic rings. The van der Waals surface area contributed by atoms with Crippen molar-refractivity contribution in [3.63, 3.8) is 0 Å². The third kappa shape index (κ3) is 3.42. The van der Waals surface area contributed by atoms with Gasteiger partial charge >= 0.3 is 5.97 Å². The molecule has 0 fully saturated rings. The lowest BCUT2D eigenvalue weighted by Gasteiger charge is -2.03. The minimum absolute atomic E-state index is 0.124. The molecule has 0 aliphatic heterocycles. The number of nitrogens with one attached hydrogen (secondary N) is 1. The van der Waals surface area contributed by atoms with Crippen LogP contribution >= 0.6 is 11.3 Å². The molecule has 2 aromatic carbocycles. The van der Waals surface area contributed by atoms with E-state index in [2.05, 4.69) is 9.93 Å². The maximum absolute atomic E-state index is 12.3. The molecule has 0 radical (unpaired) electrons. The second kappa shape index (κ2) is 6.34. The van der Waals surface area contributed by atoms with Crippen LogP contribution in [0.15, 0.2) is 52.5 Å². The van der Waals surface area contributed by atoms with Gasteiger partial charge in [0.2, 0.25) is 4.80 Å². The van der Waals surface area contributed by atoms with Crippen LogP contribution in [0.2, 0.25) is 0 Å². The van der Waals surface area contributed by atoms with Gasteiger partial charge in [-0.2, -0.15) is 13.2 Å². The summed E-state index contributed by atoms with van der Waals surface area (Å²) < 4.78 is 27.0. The van der Waals surface area contributed by atoms with E-state index in [1.807, 2.05) is 6.92 Å². The van der Waals surface area contributed by atoms with Gasteiger partial charge in [0.15, 0.2) is 0 Å². The number of carboxylic acids is 1. The Morgan fingerprint density at radius 2 is 1.88 bits per heavy atom. The number of hydrogen-bond acceptors (Lipinski definition) is 5. The zero-order chi connectivity index (χ0) is 18.2. The second-order valence-corrected chi connectivity index (χ2v) is 8.12. The van der Waals surface area contributed by atoms with E-state index in [1.165, 1.54) is 35.6 Å². The topological polar surface area (TPSA) is 101 Å². The molecule has 7 nitrogen and oxygen atoms in total. The van der Waals surface area contributed by atoms with Gasteiger partial charge in [0, 0.05) is 7.05 Å². The van der Waals surface area contributed by atoms with Crippen LogP contribution < -0.4 is 9.63 Å². The maximum atomic E-state index is 12.3. The molecular formula is C16H15N3O4S2. The summed E-state index contributed by atoms with van der Waals surface area (Å²) in [6.45, 7) is 1.87. The quantitative estimate of drug-likeness (QED) is 0.680. The molecule has 9 heteroatoms. The summed E-state index contributed by atoms with van der Waals surface area (Å²) in [5.41, 5.74) is 1.89. The predicted octanol–water partition coefficient (Wildman–Crippen LogP) is 2.04. The number of hydrogen-bond donors (Lipinski definition) is 2. The molecule has 0 unspecified atom stereocenters. The summed E-state index contributed by atoms with van der Waals surface area (Å²) in [7, 11) is -2.03. The van der Waals surface area contributed by atoms with Crippen molar-refractivity contribution in [2.45, 2.75) is 11.8 Å². The molecule has 25 heavy (non-hydrogen) atoms. The zero-order valence-corrected chi connectivity index (χ0v) is 15.1. The summed E-state index contributed by atoms with van der Waals surface area (Å²) >= 11 is 1.20. The van der Waals surface area contributed by atoms with Crippen LogP contribution in [0.5, 0.6) is 0 Å². The Labute approximate surface area is 147 Å². The van der Waals surface area contributed by atoms with Crippen molar-refractivity contribution in [3.05, 3.63) is 58.4 Å². The van der Waals surface area contributed by atoms with Gasteiger partial charge in [0.25, 0.3) is 10.0 Å². The average Bonchev–Trinajstić information content (AvgIpc) is 2.89. The van der Waals surface area contributed by atoms with Crippen LogP contribution in [0.25, 0.3) is 10.2 Å². The number of aromatic carboxylic acids is 1. The van der Waals surface area contributed by atoms with Gasteiger partial charge in [0.1, 0.15) is 0 Å². The standard InChI is InChI=1S/C16H15N3O4S2/c1-10-3-6-12(7-4-10)25(22,23)18-17-16-19(2)13-8-5-11(15(20)21)9-14(13)24-16/h3-9,18H,1-2H3,(H,20,21). The van der Waals surface area contributed by atoms with E-state index < -0.39 is 16.0 Å². The first-order chi connectivity index (χ1) is 11.8. The molecule has 0 atom stereocenters. The normalized spacial score (nSPS) is 12.5. The monoisotopic (exact) mass is 377 g/mol. The maximum Gasteiger partial charge on any atom is 0.335 e. The van der Waals surface area contributed by atoms with Crippen LogP contribution in [0.4, 0.5) is 0 Å². The molecule has 0 bridgehead atoms. The van der Waals surface area contributed by atoms with E-state index in [4.69, 9.17) is 5.11 Å². The SMILES string of the molecule is Cc1ccc(S(=O)(=O)NN=c2sc3cc(C(=O)O)ccc3n2C)cc1. The van der Waals surface area contributed by atoms with Crippen LogP contribution in [-0.4, -0.2) is 24.1 Å². The van der Waals surface area contributed by atoms with Crippen molar-refractivity contribution in [1.29, 1.82) is 0 Å². The molecule has 0 aliphatic rings. The molecule has 1 heterocycles. The molecular weight excluding hydrogens is 362 g/mol. The van der Waals surface area contributed by atoms with Gasteiger partial charge in [-0.3, -0.25) is 0 Å². The first kappa shape index (κ1) is 17.2. The van der Waals surface area contributed by atoms with Gasteiger partial charge in [0.05, 0.1) is 20.7 Å². The van der Waals surface area contributed by atoms with E-state index >= 15 is 0 Å². The van der Waals surface area contributed by atoms with Crippen molar-refractivity contribution >= 4 is 37.5 Å². The average molecular weight is 377 g/mol. The Hall–Kier alpha value is -2.65. The minimum Gasteiger partial charge on any atom is -0.478 e. The number of aromatic nitrogens is 1. The Morgan fingerprint density at radius 1 is 1.20 bits per heavy atom. The van der Waals surface area contributed by atoms with Crippen molar-refractivity contribution in [3.8, 4) is 0 Å². The van der Waals surface area contributed by atoms with Crippen molar-refractivity contribution in [1.82, 2.24) is 9.40 Å². The molecule has 0 saturated carbocycles. The summed E-state index contributed by atoms with van der Waals surface area (Å²) in [6, 6.07) is 11.1. The van der Waals surface area contributed by atoms with Gasteiger partial charge < -0.3 is 9.67 Å². The molecule has 130 valence electrons. The Bertz CT molecular complexity index is 1130. The third-order valence-corrected chi connectivity index (χ3v) is 5.97. The first-order valence-electron chi connectivity index (χ1n) is 7.23. The van der Waals surface area contributed by atoms with Crippen LogP contribution in [0.3, 0.4) is 0 Å². The van der Waals surface area contributed by atoms with Gasteiger partial charge in [-0.05, 0) is 37.3 Å². The minimum atomic E-state index is -3.77. The molecule has 0 spiro atoms. The van der Waals surface area contributed by atoms with E-state index in [-0.39, 0.29) is 10.5 Å². The molecule has 0 aliphatic carbocycles. The number of carboxylic acid groups (broad SMARTS) is 1. The molecule has 0 saturated heterocycles. The van der Waals surface area contributed by atoms with E-state index in [0.29, 0.717) is 9.50 Å². The summed E-state index contributed by atoms with van der Waals surface area (Å²) in [5.74, 6) is -1.02. The fraction of sp³-hybridized carbons (Fsp3) is 0.125. The Morgan fingerprint density at radius 3 is 2.52 bits per heavy atom. The van der Waals surface area contributed by atoms with Crippen molar-refractivity contribution in [2.24, 2.45) is 12.1 Å². The summed E-state index contributed by atoms with van der Waals surface area (Å²) in [5, 5.41) is 13.0. The van der Waals surface area contributed by atoms with Gasteiger partial charge in [-0.1, -0.05) is 29.0 Å². The highest BCUT2D eigenvalue weighted by atomic mass is 32.2. The molecule has 1 aromatic heterocycles. The van der Waals surface area contributed by atoms with Gasteiger partial charge in [-0.25, -0.2) is 4.79 Å². The van der Waals surface area contributed by atoms with Crippen LogP contribution in [0, 0.1) is 6.92 Å². The molecule has 3 rings (SSSR count). The smallest absolute Gasteiger partial charge is 0.335 e. The number of nitrogens with zero attached hydrogens (tertiary/aromatic N) is 2. The Balaban J connectivity index is 1.99. The Kier molecular flexibility index (Phi) is 4.36. The van der Waals surface area contributed by atoms with E-state index in [0.717, 1.165) is 11.1 Å². The number of sulfonamides is 1. The fourth-order valence-electron chi connectivity index (χ4n) is 2.24. The van der Waals surface area contributed by atoms with E-state index in [1.54, 1.807) is 29.8 Å². The third-order valence-electron chi connectivity index (χ3n) is 3.65.